The smallest absolute Gasteiger partial charge is 0.343 e. The van der Waals surface area contributed by atoms with Crippen LogP contribution in [0.4, 0.5) is 4.39 Å². The van der Waals surface area contributed by atoms with Crippen LogP contribution in [0.15, 0.2) is 66.7 Å². The molecule has 0 N–H and O–H groups in total. The highest BCUT2D eigenvalue weighted by Crippen LogP contribution is 2.25. The maximum atomic E-state index is 14.7. The minimum atomic E-state index is -0.800. The van der Waals surface area contributed by atoms with E-state index in [0.29, 0.717) is 5.56 Å². The first kappa shape index (κ1) is 36.8. The lowest BCUT2D eigenvalue weighted by Gasteiger charge is -2.13. The summed E-state index contributed by atoms with van der Waals surface area (Å²) in [7, 11) is 0. The van der Waals surface area contributed by atoms with Crippen molar-refractivity contribution >= 4 is 11.9 Å². The number of halogens is 1. The molecule has 250 valence electrons. The van der Waals surface area contributed by atoms with Crippen LogP contribution in [0.2, 0.25) is 0 Å². The lowest BCUT2D eigenvalue weighted by molar-refractivity contribution is 0.0319. The molecule has 0 aliphatic rings. The molecule has 0 spiro atoms. The second kappa shape index (κ2) is 21.2. The monoisotopic (exact) mass is 632 g/mol. The van der Waals surface area contributed by atoms with Gasteiger partial charge >= 0.3 is 11.9 Å². The number of esters is 2. The van der Waals surface area contributed by atoms with E-state index in [-0.39, 0.29) is 17.4 Å². The number of ether oxygens (including phenoxy) is 3. The van der Waals surface area contributed by atoms with Crippen LogP contribution in [0, 0.1) is 5.82 Å². The molecule has 0 aliphatic carbocycles. The van der Waals surface area contributed by atoms with Crippen LogP contribution in [-0.2, 0) is 4.74 Å². The summed E-state index contributed by atoms with van der Waals surface area (Å²) < 4.78 is 31.4. The van der Waals surface area contributed by atoms with Gasteiger partial charge in [-0.25, -0.2) is 14.0 Å². The Labute approximate surface area is 275 Å². The molecule has 0 radical (unpaired) electrons. The minimum Gasteiger partial charge on any atom is -0.494 e. The molecule has 0 amide bonds. The average molecular weight is 633 g/mol. The second-order valence-corrected chi connectivity index (χ2v) is 12.2. The van der Waals surface area contributed by atoms with Crippen molar-refractivity contribution in [3.8, 4) is 22.6 Å². The molecule has 0 bridgehead atoms. The molecule has 1 atom stereocenters. The quantitative estimate of drug-likeness (QED) is 0.0626. The van der Waals surface area contributed by atoms with Crippen LogP contribution < -0.4 is 9.47 Å². The van der Waals surface area contributed by atoms with Gasteiger partial charge in [-0.05, 0) is 79.8 Å². The molecule has 3 aromatic carbocycles. The Morgan fingerprint density at radius 3 is 1.74 bits per heavy atom. The van der Waals surface area contributed by atoms with Crippen LogP contribution in [0.25, 0.3) is 11.1 Å². The van der Waals surface area contributed by atoms with Crippen molar-refractivity contribution in [2.24, 2.45) is 0 Å². The number of hydrogen-bond acceptors (Lipinski definition) is 5. The highest BCUT2D eigenvalue weighted by Gasteiger charge is 2.17. The minimum absolute atomic E-state index is 0.0808. The van der Waals surface area contributed by atoms with E-state index in [1.807, 2.05) is 43.3 Å². The Bertz CT molecular complexity index is 1300. The van der Waals surface area contributed by atoms with Gasteiger partial charge < -0.3 is 14.2 Å². The largest absolute Gasteiger partial charge is 0.494 e. The van der Waals surface area contributed by atoms with Crippen LogP contribution in [0.1, 0.15) is 138 Å². The number of hydrogen-bond donors (Lipinski definition) is 0. The molecule has 0 saturated heterocycles. The van der Waals surface area contributed by atoms with E-state index in [0.717, 1.165) is 68.1 Å². The third-order valence-corrected chi connectivity index (χ3v) is 8.22. The Hall–Kier alpha value is -3.67. The Balaban J connectivity index is 1.40. The van der Waals surface area contributed by atoms with Gasteiger partial charge in [0.15, 0.2) is 11.6 Å². The van der Waals surface area contributed by atoms with E-state index in [9.17, 15) is 14.0 Å². The molecule has 0 unspecified atom stereocenters. The maximum Gasteiger partial charge on any atom is 0.343 e. The van der Waals surface area contributed by atoms with Gasteiger partial charge in [0, 0.05) is 0 Å². The fourth-order valence-electron chi connectivity index (χ4n) is 5.36. The van der Waals surface area contributed by atoms with Gasteiger partial charge in [0.05, 0.1) is 23.8 Å². The van der Waals surface area contributed by atoms with Crippen LogP contribution >= 0.6 is 0 Å². The molecular weight excluding hydrogens is 579 g/mol. The number of rotatable bonds is 22. The van der Waals surface area contributed by atoms with Crippen molar-refractivity contribution in [3.63, 3.8) is 0 Å². The Morgan fingerprint density at radius 2 is 1.15 bits per heavy atom. The zero-order valence-corrected chi connectivity index (χ0v) is 28.2. The lowest BCUT2D eigenvalue weighted by atomic mass is 10.0. The fraction of sp³-hybridized carbons (Fsp3) is 0.500. The summed E-state index contributed by atoms with van der Waals surface area (Å²) in [6, 6.07) is 18.6. The second-order valence-electron chi connectivity index (χ2n) is 12.2. The molecule has 3 aromatic rings. The number of benzene rings is 3. The van der Waals surface area contributed by atoms with Crippen molar-refractivity contribution in [1.29, 1.82) is 0 Å². The Kier molecular flexibility index (Phi) is 16.9. The van der Waals surface area contributed by atoms with Crippen LogP contribution in [-0.4, -0.2) is 24.6 Å². The van der Waals surface area contributed by atoms with E-state index in [2.05, 4.69) is 13.8 Å². The van der Waals surface area contributed by atoms with E-state index >= 15 is 0 Å². The predicted molar refractivity (Wildman–Crippen MR) is 184 cm³/mol. The Morgan fingerprint density at radius 1 is 0.630 bits per heavy atom. The number of carbonyl (C=O) groups is 2. The maximum absolute atomic E-state index is 14.7. The molecule has 6 heteroatoms. The van der Waals surface area contributed by atoms with Crippen molar-refractivity contribution in [2.45, 2.75) is 123 Å². The van der Waals surface area contributed by atoms with Gasteiger partial charge in [0.25, 0.3) is 0 Å². The first-order valence-electron chi connectivity index (χ1n) is 17.5. The van der Waals surface area contributed by atoms with Crippen molar-refractivity contribution in [1.82, 2.24) is 0 Å². The molecule has 5 nitrogen and oxygen atoms in total. The summed E-state index contributed by atoms with van der Waals surface area (Å²) >= 11 is 0. The molecule has 0 aliphatic heterocycles. The third kappa shape index (κ3) is 13.4. The summed E-state index contributed by atoms with van der Waals surface area (Å²) in [6.45, 7) is 6.96. The highest BCUT2D eigenvalue weighted by molar-refractivity contribution is 5.92. The van der Waals surface area contributed by atoms with Crippen molar-refractivity contribution < 1.29 is 28.2 Å². The van der Waals surface area contributed by atoms with Gasteiger partial charge in [-0.15, -0.1) is 0 Å². The zero-order chi connectivity index (χ0) is 33.0. The van der Waals surface area contributed by atoms with E-state index < -0.39 is 17.8 Å². The summed E-state index contributed by atoms with van der Waals surface area (Å²) in [4.78, 5) is 25.2. The molecule has 0 heterocycles. The number of unbranched alkanes of at least 4 members (excludes halogenated alkanes) is 12. The lowest BCUT2D eigenvalue weighted by Crippen LogP contribution is -2.15. The highest BCUT2D eigenvalue weighted by atomic mass is 19.1. The van der Waals surface area contributed by atoms with Gasteiger partial charge in [-0.3, -0.25) is 0 Å². The van der Waals surface area contributed by atoms with E-state index in [4.69, 9.17) is 14.2 Å². The molecule has 3 rings (SSSR count). The van der Waals surface area contributed by atoms with Gasteiger partial charge in [-0.1, -0.05) is 115 Å². The van der Waals surface area contributed by atoms with Crippen LogP contribution in [0.3, 0.4) is 0 Å². The van der Waals surface area contributed by atoms with Crippen molar-refractivity contribution in [2.75, 3.05) is 6.61 Å². The SMILES string of the molecule is CCCCCCCCCCCCOc1ccc(-c2ccc(C(=O)Oc3ccc(C(=O)O[C@@H](C)CCCCCC)cc3F)cc2)cc1. The third-order valence-electron chi connectivity index (χ3n) is 8.22. The zero-order valence-electron chi connectivity index (χ0n) is 28.2. The fourth-order valence-corrected chi connectivity index (χ4v) is 5.36. The van der Waals surface area contributed by atoms with Gasteiger partial charge in [0.2, 0.25) is 0 Å². The van der Waals surface area contributed by atoms with Gasteiger partial charge in [-0.2, -0.15) is 0 Å². The summed E-state index contributed by atoms with van der Waals surface area (Å²) in [5.74, 6) is -1.48. The predicted octanol–water partition coefficient (Wildman–Crippen LogP) is 11.5. The van der Waals surface area contributed by atoms with Gasteiger partial charge in [0.1, 0.15) is 5.75 Å². The first-order chi connectivity index (χ1) is 22.4. The average Bonchev–Trinajstić information content (AvgIpc) is 3.07. The topological polar surface area (TPSA) is 61.8 Å². The van der Waals surface area contributed by atoms with Crippen LogP contribution in [0.5, 0.6) is 11.5 Å². The summed E-state index contributed by atoms with van der Waals surface area (Å²) in [6.07, 6.45) is 17.9. The molecule has 0 fully saturated rings. The normalized spacial score (nSPS) is 11.7. The van der Waals surface area contributed by atoms with E-state index in [1.54, 1.807) is 12.1 Å². The van der Waals surface area contributed by atoms with E-state index in [1.165, 1.54) is 69.9 Å². The first-order valence-corrected chi connectivity index (χ1v) is 17.5. The molecule has 0 aromatic heterocycles. The summed E-state index contributed by atoms with van der Waals surface area (Å²) in [5.41, 5.74) is 2.30. The number of carbonyl (C=O) groups excluding carboxylic acids is 2. The molecular formula is C40H53FO5. The summed E-state index contributed by atoms with van der Waals surface area (Å²) in [5, 5.41) is 0. The van der Waals surface area contributed by atoms with Crippen molar-refractivity contribution in [3.05, 3.63) is 83.7 Å². The molecule has 46 heavy (non-hydrogen) atoms. The standard InChI is InChI=1S/C40H53FO5/c1-4-6-8-10-11-12-13-14-15-17-29-44-36-26-23-33(24-27-36)32-19-21-34(22-20-32)39(42)46-38-28-25-35(30-37(38)41)40(43)45-31(3)18-16-9-7-5-2/h19-28,30-31H,4-18,29H2,1-3H3/t31-/m0/s1. The molecule has 0 saturated carbocycles.